The largest absolute Gasteiger partial charge is 0.768 e. The predicted molar refractivity (Wildman–Crippen MR) is 65.0 cm³/mol. The van der Waals surface area contributed by atoms with Crippen LogP contribution in [0.2, 0.25) is 0 Å². The second-order valence-electron chi connectivity index (χ2n) is 3.46. The quantitative estimate of drug-likeness (QED) is 0.482. The lowest BCUT2D eigenvalue weighted by atomic mass is 10.2. The van der Waals surface area contributed by atoms with Crippen molar-refractivity contribution in [3.05, 3.63) is 60.2 Å². The molecule has 18 heavy (non-hydrogen) atoms. The van der Waals surface area contributed by atoms with E-state index in [0.29, 0.717) is 11.3 Å². The van der Waals surface area contributed by atoms with Gasteiger partial charge in [-0.2, -0.15) is 0 Å². The summed E-state index contributed by atoms with van der Waals surface area (Å²) in [6.07, 6.45) is 0. The number of hydrogen-bond acceptors (Lipinski definition) is 4. The summed E-state index contributed by atoms with van der Waals surface area (Å²) in [4.78, 5) is 11.8. The highest BCUT2D eigenvalue weighted by Gasteiger charge is 2.07. The molecule has 92 valence electrons. The third-order valence-electron chi connectivity index (χ3n) is 2.24. The zero-order valence-corrected chi connectivity index (χ0v) is 10.1. The van der Waals surface area contributed by atoms with E-state index in [2.05, 4.69) is 0 Å². The highest BCUT2D eigenvalue weighted by atomic mass is 32.2. The van der Waals surface area contributed by atoms with Crippen molar-refractivity contribution in [2.75, 3.05) is 0 Å². The van der Waals surface area contributed by atoms with Crippen LogP contribution in [0.5, 0.6) is 5.75 Å². The van der Waals surface area contributed by atoms with E-state index >= 15 is 0 Å². The maximum Gasteiger partial charge on any atom is 0.343 e. The molecule has 0 bridgehead atoms. The molecule has 0 heterocycles. The number of benzene rings is 2. The van der Waals surface area contributed by atoms with Gasteiger partial charge in [-0.1, -0.05) is 18.2 Å². The Kier molecular flexibility index (Phi) is 3.86. The van der Waals surface area contributed by atoms with Crippen molar-refractivity contribution < 1.29 is 18.3 Å². The molecule has 4 nitrogen and oxygen atoms in total. The molecule has 0 saturated heterocycles. The van der Waals surface area contributed by atoms with Crippen molar-refractivity contribution in [3.63, 3.8) is 0 Å². The van der Waals surface area contributed by atoms with E-state index in [4.69, 9.17) is 4.74 Å². The Balaban J connectivity index is 2.10. The van der Waals surface area contributed by atoms with Crippen LogP contribution in [0, 0.1) is 0 Å². The Morgan fingerprint density at radius 1 is 1.00 bits per heavy atom. The molecule has 2 rings (SSSR count). The first kappa shape index (κ1) is 12.5. The Morgan fingerprint density at radius 2 is 1.61 bits per heavy atom. The second-order valence-corrected chi connectivity index (χ2v) is 4.40. The van der Waals surface area contributed by atoms with Crippen molar-refractivity contribution in [2.45, 2.75) is 4.90 Å². The molecule has 0 radical (unpaired) electrons. The summed E-state index contributed by atoms with van der Waals surface area (Å²) in [5.41, 5.74) is 0.439. The summed E-state index contributed by atoms with van der Waals surface area (Å²) in [6.45, 7) is 0. The maximum absolute atomic E-state index is 11.7. The van der Waals surface area contributed by atoms with E-state index in [9.17, 15) is 13.6 Å². The summed E-state index contributed by atoms with van der Waals surface area (Å²) in [7, 11) is 0. The van der Waals surface area contributed by atoms with Gasteiger partial charge in [0.1, 0.15) is 5.75 Å². The Morgan fingerprint density at radius 3 is 2.17 bits per heavy atom. The van der Waals surface area contributed by atoms with Crippen molar-refractivity contribution in [1.29, 1.82) is 0 Å². The van der Waals surface area contributed by atoms with Crippen LogP contribution < -0.4 is 4.74 Å². The normalized spacial score (nSPS) is 11.8. The van der Waals surface area contributed by atoms with E-state index in [1.165, 1.54) is 24.3 Å². The topological polar surface area (TPSA) is 66.4 Å². The van der Waals surface area contributed by atoms with Crippen LogP contribution in [-0.2, 0) is 11.1 Å². The summed E-state index contributed by atoms with van der Waals surface area (Å²) < 4.78 is 26.4. The first-order valence-electron chi connectivity index (χ1n) is 5.13. The molecule has 0 amide bonds. The van der Waals surface area contributed by atoms with Gasteiger partial charge in [0.15, 0.2) is 0 Å². The van der Waals surface area contributed by atoms with Gasteiger partial charge in [-0.05, 0) is 47.5 Å². The fraction of sp³-hybridized carbons (Fsp3) is 0. The zero-order chi connectivity index (χ0) is 13.0. The molecule has 2 aromatic carbocycles. The van der Waals surface area contributed by atoms with Crippen molar-refractivity contribution in [2.24, 2.45) is 0 Å². The number of carbonyl (C=O) groups excluding carboxylic acids is 1. The number of ether oxygens (including phenoxy) is 1. The maximum atomic E-state index is 11.7. The molecule has 0 N–H and O–H groups in total. The van der Waals surface area contributed by atoms with Crippen LogP contribution in [0.3, 0.4) is 0 Å². The first-order chi connectivity index (χ1) is 8.66. The Bertz CT molecular complexity index is 563. The van der Waals surface area contributed by atoms with E-state index < -0.39 is 17.0 Å². The zero-order valence-electron chi connectivity index (χ0n) is 9.24. The second kappa shape index (κ2) is 5.57. The molecular weight excluding hydrogens is 252 g/mol. The molecule has 5 heteroatoms. The summed E-state index contributed by atoms with van der Waals surface area (Å²) in [5, 5.41) is 0. The lowest BCUT2D eigenvalue weighted by Gasteiger charge is -2.07. The Hall–Kier alpha value is -1.98. The van der Waals surface area contributed by atoms with Crippen molar-refractivity contribution in [3.8, 4) is 5.75 Å². The molecule has 0 aromatic heterocycles. The van der Waals surface area contributed by atoms with E-state index in [1.54, 1.807) is 30.3 Å². The minimum absolute atomic E-state index is 0.148. The summed E-state index contributed by atoms with van der Waals surface area (Å²) in [6, 6.07) is 14.2. The third kappa shape index (κ3) is 3.03. The van der Waals surface area contributed by atoms with Crippen molar-refractivity contribution >= 4 is 17.0 Å². The SMILES string of the molecule is O=C(Oc1ccc(S(=O)[O-])cc1)c1ccccc1. The Labute approximate surface area is 107 Å². The number of rotatable bonds is 3. The molecule has 0 saturated carbocycles. The lowest BCUT2D eigenvalue weighted by molar-refractivity contribution is 0.0734. The smallest absolute Gasteiger partial charge is 0.343 e. The lowest BCUT2D eigenvalue weighted by Crippen LogP contribution is -2.08. The molecule has 0 aliphatic carbocycles. The minimum atomic E-state index is -2.28. The molecule has 0 aliphatic rings. The van der Waals surface area contributed by atoms with Gasteiger partial charge in [0.05, 0.1) is 5.56 Å². The molecule has 1 atom stereocenters. The first-order valence-corrected chi connectivity index (χ1v) is 6.21. The van der Waals surface area contributed by atoms with E-state index in [1.807, 2.05) is 0 Å². The van der Waals surface area contributed by atoms with Crippen LogP contribution in [0.4, 0.5) is 0 Å². The van der Waals surface area contributed by atoms with Gasteiger partial charge in [-0.15, -0.1) is 0 Å². The summed E-state index contributed by atoms with van der Waals surface area (Å²) >= 11 is -2.28. The van der Waals surface area contributed by atoms with Crippen molar-refractivity contribution in [1.82, 2.24) is 0 Å². The van der Waals surface area contributed by atoms with Gasteiger partial charge < -0.3 is 9.29 Å². The molecule has 2 aromatic rings. The van der Waals surface area contributed by atoms with Crippen LogP contribution in [0.1, 0.15) is 10.4 Å². The van der Waals surface area contributed by atoms with Gasteiger partial charge >= 0.3 is 5.97 Å². The third-order valence-corrected chi connectivity index (χ3v) is 2.89. The van der Waals surface area contributed by atoms with Crippen LogP contribution >= 0.6 is 0 Å². The van der Waals surface area contributed by atoms with Gasteiger partial charge in [0.25, 0.3) is 0 Å². The monoisotopic (exact) mass is 261 g/mol. The van der Waals surface area contributed by atoms with Gasteiger partial charge in [0.2, 0.25) is 0 Å². The van der Waals surface area contributed by atoms with Crippen LogP contribution in [0.25, 0.3) is 0 Å². The van der Waals surface area contributed by atoms with E-state index in [-0.39, 0.29) is 4.90 Å². The standard InChI is InChI=1S/C13H10O4S/c14-13(10-4-2-1-3-5-10)17-11-6-8-12(9-7-11)18(15)16/h1-9H,(H,15,16)/p-1. The average molecular weight is 261 g/mol. The predicted octanol–water partition coefficient (Wildman–Crippen LogP) is 2.14. The highest BCUT2D eigenvalue weighted by molar-refractivity contribution is 7.79. The van der Waals surface area contributed by atoms with Crippen LogP contribution in [0.15, 0.2) is 59.5 Å². The molecule has 1 unspecified atom stereocenters. The average Bonchev–Trinajstić information content (AvgIpc) is 2.40. The fourth-order valence-electron chi connectivity index (χ4n) is 1.36. The molecule has 0 fully saturated rings. The number of hydrogen-bond donors (Lipinski definition) is 0. The molecular formula is C13H9O4S-. The van der Waals surface area contributed by atoms with Gasteiger partial charge in [-0.25, -0.2) is 4.79 Å². The minimum Gasteiger partial charge on any atom is -0.768 e. The van der Waals surface area contributed by atoms with E-state index in [0.717, 1.165) is 0 Å². The highest BCUT2D eigenvalue weighted by Crippen LogP contribution is 2.15. The van der Waals surface area contributed by atoms with Crippen LogP contribution in [-0.4, -0.2) is 14.7 Å². The molecule has 0 spiro atoms. The number of esters is 1. The van der Waals surface area contributed by atoms with Gasteiger partial charge in [-0.3, -0.25) is 4.21 Å². The number of carbonyl (C=O) groups is 1. The fourth-order valence-corrected chi connectivity index (χ4v) is 1.72. The molecule has 0 aliphatic heterocycles. The van der Waals surface area contributed by atoms with Gasteiger partial charge in [0, 0.05) is 4.90 Å². The summed E-state index contributed by atoms with van der Waals surface area (Å²) in [5.74, 6) is -0.176.